The Morgan fingerprint density at radius 3 is 1.27 bits per heavy atom. The molecule has 380 valence electrons. The van der Waals surface area contributed by atoms with Gasteiger partial charge in [0.15, 0.2) is 6.29 Å². The third-order valence-corrected chi connectivity index (χ3v) is 13.6. The van der Waals surface area contributed by atoms with Crippen LogP contribution in [0.15, 0.2) is 12.2 Å². The molecule has 6 N–H and O–H groups in total. The maximum Gasteiger partial charge on any atom is 0.220 e. The van der Waals surface area contributed by atoms with E-state index in [1.807, 2.05) is 0 Å². The Balaban J connectivity index is 2.22. The molecule has 1 heterocycles. The lowest BCUT2D eigenvalue weighted by Crippen LogP contribution is -2.60. The van der Waals surface area contributed by atoms with Crippen molar-refractivity contribution in [3.8, 4) is 0 Å². The number of hydrogen-bond donors (Lipinski definition) is 6. The molecule has 1 amide bonds. The largest absolute Gasteiger partial charge is 0.394 e. The second-order valence-electron chi connectivity index (χ2n) is 19.7. The van der Waals surface area contributed by atoms with Gasteiger partial charge in [0.1, 0.15) is 24.4 Å². The van der Waals surface area contributed by atoms with Crippen LogP contribution in [0.25, 0.3) is 0 Å². The van der Waals surface area contributed by atoms with Gasteiger partial charge in [-0.2, -0.15) is 0 Å². The van der Waals surface area contributed by atoms with E-state index in [9.17, 15) is 30.3 Å². The number of hydrogen-bond acceptors (Lipinski definition) is 8. The quantitative estimate of drug-likeness (QED) is 0.0261. The van der Waals surface area contributed by atoms with Crippen LogP contribution in [0.5, 0.6) is 0 Å². The van der Waals surface area contributed by atoms with Crippen LogP contribution in [-0.2, 0) is 14.3 Å². The molecule has 0 saturated carbocycles. The fraction of sp³-hybridized carbons (Fsp3) is 0.945. The SMILES string of the molecule is CCCCCCCC/C=C\CCCCCCCCCCCC(=O)NC(COC1OC(CO)C(O)C(O)C1O)C(O)CCCCCCCCCCCCCCCCCCCCCCCC. The van der Waals surface area contributed by atoms with Crippen LogP contribution in [0.3, 0.4) is 0 Å². The normalized spacial score (nSPS) is 20.0. The fourth-order valence-corrected chi connectivity index (χ4v) is 9.16. The second-order valence-corrected chi connectivity index (χ2v) is 19.7. The van der Waals surface area contributed by atoms with E-state index < -0.39 is 49.5 Å². The Hall–Kier alpha value is -1.07. The number of aliphatic hydroxyl groups excluding tert-OH is 5. The summed E-state index contributed by atoms with van der Waals surface area (Å²) in [6, 6.07) is -0.717. The number of aliphatic hydroxyl groups is 5. The number of rotatable bonds is 48. The zero-order chi connectivity index (χ0) is 46.6. The Morgan fingerprint density at radius 2 is 0.875 bits per heavy atom. The van der Waals surface area contributed by atoms with Crippen LogP contribution in [0.1, 0.15) is 277 Å². The van der Waals surface area contributed by atoms with Crippen LogP contribution in [0.4, 0.5) is 0 Å². The zero-order valence-electron chi connectivity index (χ0n) is 42.1. The Kier molecular flexibility index (Phi) is 43.5. The highest BCUT2D eigenvalue weighted by molar-refractivity contribution is 5.76. The van der Waals surface area contributed by atoms with Crippen molar-refractivity contribution in [2.75, 3.05) is 13.2 Å². The summed E-state index contributed by atoms with van der Waals surface area (Å²) in [7, 11) is 0. The third kappa shape index (κ3) is 35.1. The maximum absolute atomic E-state index is 13.1. The van der Waals surface area contributed by atoms with Gasteiger partial charge in [-0.1, -0.05) is 244 Å². The minimum Gasteiger partial charge on any atom is -0.394 e. The molecule has 64 heavy (non-hydrogen) atoms. The topological polar surface area (TPSA) is 149 Å². The lowest BCUT2D eigenvalue weighted by Gasteiger charge is -2.40. The Bertz CT molecular complexity index is 1010. The van der Waals surface area contributed by atoms with Gasteiger partial charge in [-0.25, -0.2) is 0 Å². The zero-order valence-corrected chi connectivity index (χ0v) is 42.1. The van der Waals surface area contributed by atoms with Gasteiger partial charge in [0.25, 0.3) is 0 Å². The number of unbranched alkanes of at least 4 members (excludes halogenated alkanes) is 36. The molecule has 1 rings (SSSR count). The molecule has 0 bridgehead atoms. The summed E-state index contributed by atoms with van der Waals surface area (Å²) in [5.74, 6) is -0.142. The van der Waals surface area contributed by atoms with Crippen molar-refractivity contribution in [2.45, 2.75) is 320 Å². The van der Waals surface area contributed by atoms with Crippen LogP contribution in [0.2, 0.25) is 0 Å². The van der Waals surface area contributed by atoms with E-state index in [-0.39, 0.29) is 12.5 Å². The second kappa shape index (κ2) is 45.7. The summed E-state index contributed by atoms with van der Waals surface area (Å²) in [4.78, 5) is 13.1. The predicted molar refractivity (Wildman–Crippen MR) is 267 cm³/mol. The van der Waals surface area contributed by atoms with Crippen molar-refractivity contribution in [2.24, 2.45) is 0 Å². The molecular weight excluding hydrogens is 803 g/mol. The highest BCUT2D eigenvalue weighted by Crippen LogP contribution is 2.23. The first-order valence-corrected chi connectivity index (χ1v) is 27.9. The summed E-state index contributed by atoms with van der Waals surface area (Å²) in [5.41, 5.74) is 0. The van der Waals surface area contributed by atoms with Crippen LogP contribution in [0, 0.1) is 0 Å². The standard InChI is InChI=1S/C55H107NO8/c1-3-5-7-9-11-13-15-17-19-21-23-24-25-27-28-30-32-34-36-38-40-42-44-49(58)48(47-63-55-54(62)53(61)52(60)50(46-57)64-55)56-51(59)45-43-41-39-37-35-33-31-29-26-22-20-18-16-14-12-10-8-6-4-2/h18,20,48-50,52-55,57-58,60-62H,3-17,19,21-47H2,1-2H3,(H,56,59)/b20-18-. The van der Waals surface area contributed by atoms with E-state index in [0.29, 0.717) is 12.8 Å². The molecule has 9 nitrogen and oxygen atoms in total. The summed E-state index contributed by atoms with van der Waals surface area (Å²) in [6.07, 6.45) is 48.0. The molecule has 0 aromatic heterocycles. The molecule has 7 atom stereocenters. The molecule has 1 aliphatic rings. The van der Waals surface area contributed by atoms with Crippen LogP contribution < -0.4 is 5.32 Å². The summed E-state index contributed by atoms with van der Waals surface area (Å²) >= 11 is 0. The molecule has 0 aromatic rings. The monoisotopic (exact) mass is 910 g/mol. The van der Waals surface area contributed by atoms with Gasteiger partial charge in [0, 0.05) is 6.42 Å². The average Bonchev–Trinajstić information content (AvgIpc) is 3.29. The van der Waals surface area contributed by atoms with E-state index in [2.05, 4.69) is 31.3 Å². The van der Waals surface area contributed by atoms with Gasteiger partial charge in [0.05, 0.1) is 25.4 Å². The van der Waals surface area contributed by atoms with Crippen molar-refractivity contribution < 1.29 is 39.8 Å². The van der Waals surface area contributed by atoms with Gasteiger partial charge in [-0.05, 0) is 38.5 Å². The first-order chi connectivity index (χ1) is 31.3. The third-order valence-electron chi connectivity index (χ3n) is 13.6. The maximum atomic E-state index is 13.1. The molecule has 0 radical (unpaired) electrons. The molecule has 0 aromatic carbocycles. The van der Waals surface area contributed by atoms with Crippen molar-refractivity contribution in [1.29, 1.82) is 0 Å². The molecular formula is C55H107NO8. The van der Waals surface area contributed by atoms with Crippen molar-refractivity contribution in [3.05, 3.63) is 12.2 Å². The van der Waals surface area contributed by atoms with E-state index in [1.54, 1.807) is 0 Å². The highest BCUT2D eigenvalue weighted by atomic mass is 16.7. The molecule has 0 spiro atoms. The summed E-state index contributed by atoms with van der Waals surface area (Å²) in [5, 5.41) is 54.6. The van der Waals surface area contributed by atoms with E-state index in [1.165, 1.54) is 212 Å². The van der Waals surface area contributed by atoms with Crippen molar-refractivity contribution in [3.63, 3.8) is 0 Å². The van der Waals surface area contributed by atoms with Gasteiger partial charge in [-0.3, -0.25) is 4.79 Å². The first kappa shape index (κ1) is 60.9. The van der Waals surface area contributed by atoms with E-state index >= 15 is 0 Å². The molecule has 1 fully saturated rings. The molecule has 7 unspecified atom stereocenters. The molecule has 1 aliphatic heterocycles. The Morgan fingerprint density at radius 1 is 0.516 bits per heavy atom. The van der Waals surface area contributed by atoms with Crippen molar-refractivity contribution in [1.82, 2.24) is 5.32 Å². The van der Waals surface area contributed by atoms with Gasteiger partial charge in [-0.15, -0.1) is 0 Å². The number of allylic oxidation sites excluding steroid dienone is 2. The smallest absolute Gasteiger partial charge is 0.220 e. The van der Waals surface area contributed by atoms with Gasteiger partial charge >= 0.3 is 0 Å². The highest BCUT2D eigenvalue weighted by Gasteiger charge is 2.44. The average molecular weight is 910 g/mol. The number of amides is 1. The van der Waals surface area contributed by atoms with Crippen molar-refractivity contribution >= 4 is 5.91 Å². The van der Waals surface area contributed by atoms with Crippen LogP contribution in [-0.4, -0.2) is 87.5 Å². The first-order valence-electron chi connectivity index (χ1n) is 27.9. The molecule has 0 aliphatic carbocycles. The minimum absolute atomic E-state index is 0.135. The lowest BCUT2D eigenvalue weighted by molar-refractivity contribution is -0.302. The van der Waals surface area contributed by atoms with E-state index in [0.717, 1.165) is 38.5 Å². The lowest BCUT2D eigenvalue weighted by atomic mass is 9.99. The summed E-state index contributed by atoms with van der Waals surface area (Å²) in [6.45, 7) is 3.87. The minimum atomic E-state index is -1.55. The summed E-state index contributed by atoms with van der Waals surface area (Å²) < 4.78 is 11.3. The number of carbonyl (C=O) groups is 1. The Labute approximate surface area is 395 Å². The fourth-order valence-electron chi connectivity index (χ4n) is 9.16. The van der Waals surface area contributed by atoms with Gasteiger partial charge < -0.3 is 40.3 Å². The van der Waals surface area contributed by atoms with Gasteiger partial charge in [0.2, 0.25) is 5.91 Å². The molecule has 9 heteroatoms. The number of ether oxygens (including phenoxy) is 2. The van der Waals surface area contributed by atoms with Crippen LogP contribution >= 0.6 is 0 Å². The number of carbonyl (C=O) groups excluding carboxylic acids is 1. The van der Waals surface area contributed by atoms with E-state index in [4.69, 9.17) is 9.47 Å². The predicted octanol–water partition coefficient (Wildman–Crippen LogP) is 13.2. The number of nitrogens with one attached hydrogen (secondary N) is 1. The molecule has 1 saturated heterocycles.